The van der Waals surface area contributed by atoms with Crippen LogP contribution in [0.3, 0.4) is 0 Å². The van der Waals surface area contributed by atoms with E-state index in [1.54, 1.807) is 24.3 Å². The molecular weight excluding hydrogens is 603 g/mol. The lowest BCUT2D eigenvalue weighted by Crippen LogP contribution is -2.14. The van der Waals surface area contributed by atoms with Crippen LogP contribution in [0.2, 0.25) is 0 Å². The fourth-order valence-corrected chi connectivity index (χ4v) is 5.04. The minimum absolute atomic E-state index is 0.0369. The number of hydrogen-bond acceptors (Lipinski definition) is 4. The van der Waals surface area contributed by atoms with Crippen molar-refractivity contribution in [2.24, 2.45) is 0 Å². The van der Waals surface area contributed by atoms with E-state index in [0.717, 1.165) is 51.0 Å². The van der Waals surface area contributed by atoms with Gasteiger partial charge in [-0.3, -0.25) is 0 Å². The standard InChI is InChI=1S/C37H45F5O4/c1-3-5-7-9-11-12-14-15-23-44-27-19-17-26(18-20-27)28-21-22-29(33(39)32(28)38)37(43)46-31-25-30(34(40)36(42)35(31)41)45-24-16-13-10-8-6-4-2/h17-22,25H,3-16,23-24H2,1-2H3. The van der Waals surface area contributed by atoms with Crippen molar-refractivity contribution < 1.29 is 41.0 Å². The summed E-state index contributed by atoms with van der Waals surface area (Å²) in [5.41, 5.74) is -0.618. The van der Waals surface area contributed by atoms with Crippen LogP contribution >= 0.6 is 0 Å². The van der Waals surface area contributed by atoms with Crippen molar-refractivity contribution in [1.82, 2.24) is 0 Å². The number of hydrogen-bond donors (Lipinski definition) is 0. The van der Waals surface area contributed by atoms with Crippen LogP contribution in [0.4, 0.5) is 22.0 Å². The van der Waals surface area contributed by atoms with Gasteiger partial charge in [0, 0.05) is 11.6 Å². The Morgan fingerprint density at radius 3 is 1.65 bits per heavy atom. The third-order valence-corrected chi connectivity index (χ3v) is 7.77. The second-order valence-corrected chi connectivity index (χ2v) is 11.5. The number of rotatable bonds is 21. The molecule has 0 radical (unpaired) electrons. The first-order valence-corrected chi connectivity index (χ1v) is 16.5. The molecule has 0 unspecified atom stereocenters. The Hall–Kier alpha value is -3.62. The van der Waals surface area contributed by atoms with Crippen molar-refractivity contribution in [2.75, 3.05) is 13.2 Å². The minimum Gasteiger partial charge on any atom is -0.494 e. The maximum atomic E-state index is 15.1. The zero-order valence-corrected chi connectivity index (χ0v) is 26.9. The molecule has 0 aromatic heterocycles. The molecule has 0 saturated carbocycles. The Morgan fingerprint density at radius 2 is 1.07 bits per heavy atom. The van der Waals surface area contributed by atoms with E-state index in [2.05, 4.69) is 13.8 Å². The molecule has 0 heterocycles. The Labute approximate surface area is 269 Å². The summed E-state index contributed by atoms with van der Waals surface area (Å²) in [5.74, 6) is -10.7. The summed E-state index contributed by atoms with van der Waals surface area (Å²) in [5, 5.41) is 0. The first-order valence-electron chi connectivity index (χ1n) is 16.5. The third-order valence-electron chi connectivity index (χ3n) is 7.77. The highest BCUT2D eigenvalue weighted by Gasteiger charge is 2.26. The van der Waals surface area contributed by atoms with E-state index in [1.807, 2.05) is 0 Å². The number of unbranched alkanes of at least 4 members (excludes halogenated alkanes) is 12. The molecule has 0 aliphatic carbocycles. The molecule has 0 atom stereocenters. The molecule has 9 heteroatoms. The van der Waals surface area contributed by atoms with Crippen molar-refractivity contribution in [3.63, 3.8) is 0 Å². The summed E-state index contributed by atoms with van der Waals surface area (Å²) in [6.07, 6.45) is 15.0. The van der Waals surface area contributed by atoms with Gasteiger partial charge in [-0.2, -0.15) is 8.78 Å². The van der Waals surface area contributed by atoms with Gasteiger partial charge in [-0.15, -0.1) is 0 Å². The monoisotopic (exact) mass is 648 g/mol. The van der Waals surface area contributed by atoms with Gasteiger partial charge in [-0.1, -0.05) is 109 Å². The van der Waals surface area contributed by atoms with Crippen molar-refractivity contribution in [1.29, 1.82) is 0 Å². The van der Waals surface area contributed by atoms with Crippen LogP contribution in [0.1, 0.15) is 114 Å². The molecule has 0 bridgehead atoms. The molecule has 0 spiro atoms. The summed E-state index contributed by atoms with van der Waals surface area (Å²) in [6.45, 7) is 4.88. The van der Waals surface area contributed by atoms with Gasteiger partial charge >= 0.3 is 5.97 Å². The molecule has 3 aromatic carbocycles. The summed E-state index contributed by atoms with van der Waals surface area (Å²) >= 11 is 0. The van der Waals surface area contributed by atoms with Gasteiger partial charge < -0.3 is 14.2 Å². The highest BCUT2D eigenvalue weighted by molar-refractivity contribution is 5.92. The van der Waals surface area contributed by atoms with E-state index in [-0.39, 0.29) is 12.2 Å². The number of ether oxygens (including phenoxy) is 3. The Kier molecular flexibility index (Phi) is 15.9. The van der Waals surface area contributed by atoms with Crippen LogP contribution in [-0.2, 0) is 0 Å². The molecule has 0 aliphatic rings. The zero-order valence-electron chi connectivity index (χ0n) is 26.9. The highest BCUT2D eigenvalue weighted by atomic mass is 19.2. The lowest BCUT2D eigenvalue weighted by molar-refractivity contribution is 0.0719. The Bertz CT molecular complexity index is 1380. The van der Waals surface area contributed by atoms with E-state index in [9.17, 15) is 18.0 Å². The fourth-order valence-electron chi connectivity index (χ4n) is 5.04. The molecule has 0 saturated heterocycles. The van der Waals surface area contributed by atoms with Gasteiger partial charge in [0.15, 0.2) is 23.1 Å². The van der Waals surface area contributed by atoms with Crippen LogP contribution < -0.4 is 14.2 Å². The first kappa shape index (κ1) is 36.8. The largest absolute Gasteiger partial charge is 0.494 e. The van der Waals surface area contributed by atoms with Crippen LogP contribution in [-0.4, -0.2) is 19.2 Å². The molecule has 4 nitrogen and oxygen atoms in total. The smallest absolute Gasteiger partial charge is 0.346 e. The molecule has 0 aliphatic heterocycles. The van der Waals surface area contributed by atoms with Gasteiger partial charge in [0.25, 0.3) is 0 Å². The maximum absolute atomic E-state index is 15.1. The van der Waals surface area contributed by atoms with Crippen molar-refractivity contribution in [3.05, 3.63) is 77.1 Å². The highest BCUT2D eigenvalue weighted by Crippen LogP contribution is 2.33. The second kappa shape index (κ2) is 19.8. The van der Waals surface area contributed by atoms with Gasteiger partial charge in [0.2, 0.25) is 17.5 Å². The molecule has 252 valence electrons. The van der Waals surface area contributed by atoms with E-state index in [4.69, 9.17) is 14.2 Å². The number of carbonyl (C=O) groups excluding carboxylic acids is 1. The van der Waals surface area contributed by atoms with Gasteiger partial charge in [-0.05, 0) is 36.6 Å². The normalized spacial score (nSPS) is 11.1. The summed E-state index contributed by atoms with van der Waals surface area (Å²) in [6, 6.07) is 9.29. The molecular formula is C37H45F5O4. The number of benzene rings is 3. The average molecular weight is 649 g/mol. The van der Waals surface area contributed by atoms with Crippen LogP contribution in [0.25, 0.3) is 11.1 Å². The van der Waals surface area contributed by atoms with Gasteiger partial charge in [0.1, 0.15) is 5.75 Å². The SMILES string of the molecule is CCCCCCCCCCOc1ccc(-c2ccc(C(=O)Oc3cc(OCCCCCCCC)c(F)c(F)c3F)c(F)c2F)cc1. The van der Waals surface area contributed by atoms with Crippen molar-refractivity contribution in [2.45, 2.75) is 104 Å². The van der Waals surface area contributed by atoms with E-state index >= 15 is 8.78 Å². The second-order valence-electron chi connectivity index (χ2n) is 11.5. The zero-order chi connectivity index (χ0) is 33.3. The van der Waals surface area contributed by atoms with Crippen molar-refractivity contribution in [3.8, 4) is 28.4 Å². The summed E-state index contributed by atoms with van der Waals surface area (Å²) in [7, 11) is 0. The first-order chi connectivity index (χ1) is 22.3. The van der Waals surface area contributed by atoms with Crippen LogP contribution in [0.15, 0.2) is 42.5 Å². The third kappa shape index (κ3) is 11.0. The molecule has 3 aromatic rings. The maximum Gasteiger partial charge on any atom is 0.346 e. The predicted molar refractivity (Wildman–Crippen MR) is 170 cm³/mol. The quantitative estimate of drug-likeness (QED) is 0.0379. The molecule has 0 amide bonds. The topological polar surface area (TPSA) is 44.8 Å². The van der Waals surface area contributed by atoms with E-state index in [1.165, 1.54) is 44.6 Å². The van der Waals surface area contributed by atoms with Crippen molar-refractivity contribution >= 4 is 5.97 Å². The predicted octanol–water partition coefficient (Wildman–Crippen LogP) is 11.5. The average Bonchev–Trinajstić information content (AvgIpc) is 3.06. The Morgan fingerprint density at radius 1 is 0.543 bits per heavy atom. The number of esters is 1. The van der Waals surface area contributed by atoms with Gasteiger partial charge in [0.05, 0.1) is 18.8 Å². The molecule has 0 N–H and O–H groups in total. The Balaban J connectivity index is 1.58. The summed E-state index contributed by atoms with van der Waals surface area (Å²) < 4.78 is 88.9. The molecule has 3 rings (SSSR count). The number of carbonyl (C=O) groups is 1. The fraction of sp³-hybridized carbons (Fsp3) is 0.486. The summed E-state index contributed by atoms with van der Waals surface area (Å²) in [4.78, 5) is 12.7. The lowest BCUT2D eigenvalue weighted by Gasteiger charge is -2.13. The van der Waals surface area contributed by atoms with Gasteiger partial charge in [-0.25, -0.2) is 18.0 Å². The molecule has 0 fully saturated rings. The minimum atomic E-state index is -1.91. The van der Waals surface area contributed by atoms with E-state index < -0.39 is 52.1 Å². The number of halogens is 5. The lowest BCUT2D eigenvalue weighted by atomic mass is 10.0. The van der Waals surface area contributed by atoms with Crippen LogP contribution in [0, 0.1) is 29.1 Å². The van der Waals surface area contributed by atoms with Crippen LogP contribution in [0.5, 0.6) is 17.2 Å². The molecule has 46 heavy (non-hydrogen) atoms. The van der Waals surface area contributed by atoms with E-state index in [0.29, 0.717) is 30.4 Å².